The van der Waals surface area contributed by atoms with Crippen LogP contribution in [-0.4, -0.2) is 11.3 Å². The summed E-state index contributed by atoms with van der Waals surface area (Å²) in [7, 11) is 0. The van der Waals surface area contributed by atoms with Crippen molar-refractivity contribution in [2.24, 2.45) is 0 Å². The zero-order chi connectivity index (χ0) is 13.0. The predicted molar refractivity (Wildman–Crippen MR) is 72.8 cm³/mol. The van der Waals surface area contributed by atoms with Gasteiger partial charge in [-0.05, 0) is 41.8 Å². The van der Waals surface area contributed by atoms with Crippen LogP contribution in [0.1, 0.15) is 6.92 Å². The van der Waals surface area contributed by atoms with E-state index in [1.54, 1.807) is 6.92 Å². The molecule has 2 nitrogen and oxygen atoms in total. The van der Waals surface area contributed by atoms with E-state index in [9.17, 15) is 4.79 Å². The summed E-state index contributed by atoms with van der Waals surface area (Å²) in [6.45, 7) is 1.63. The molecular formula is C15H13ClO2. The number of halogens is 1. The van der Waals surface area contributed by atoms with Crippen LogP contribution in [0.25, 0.3) is 11.1 Å². The third-order valence-electron chi connectivity index (χ3n) is 2.59. The monoisotopic (exact) mass is 260 g/mol. The van der Waals surface area contributed by atoms with Crippen molar-refractivity contribution in [3.63, 3.8) is 0 Å². The van der Waals surface area contributed by atoms with E-state index in [0.29, 0.717) is 5.75 Å². The van der Waals surface area contributed by atoms with Crippen LogP contribution in [0.3, 0.4) is 0 Å². The average Bonchev–Trinajstić information content (AvgIpc) is 2.40. The molecule has 0 fully saturated rings. The second-order valence-electron chi connectivity index (χ2n) is 3.95. The zero-order valence-electron chi connectivity index (χ0n) is 9.97. The summed E-state index contributed by atoms with van der Waals surface area (Å²) in [6.07, 6.45) is -0.630. The lowest BCUT2D eigenvalue weighted by Gasteiger charge is -2.10. The van der Waals surface area contributed by atoms with E-state index < -0.39 is 11.3 Å². The Morgan fingerprint density at radius 2 is 1.56 bits per heavy atom. The van der Waals surface area contributed by atoms with Crippen molar-refractivity contribution >= 4 is 16.8 Å². The summed E-state index contributed by atoms with van der Waals surface area (Å²) in [5, 5.41) is -0.498. The Labute approximate surface area is 111 Å². The van der Waals surface area contributed by atoms with E-state index >= 15 is 0 Å². The Balaban J connectivity index is 2.13. The highest BCUT2D eigenvalue weighted by Gasteiger charge is 2.11. The molecule has 0 heterocycles. The fourth-order valence-electron chi connectivity index (χ4n) is 1.61. The molecule has 0 bridgehead atoms. The highest BCUT2D eigenvalue weighted by Crippen LogP contribution is 2.22. The third kappa shape index (κ3) is 3.11. The number of hydrogen-bond acceptors (Lipinski definition) is 2. The first-order chi connectivity index (χ1) is 8.66. The normalized spacial score (nSPS) is 11.9. The minimum absolute atomic E-state index is 0.498. The number of carbonyl (C=O) groups excluding carboxylic acids is 1. The van der Waals surface area contributed by atoms with Gasteiger partial charge in [0.1, 0.15) is 5.75 Å². The van der Waals surface area contributed by atoms with Gasteiger partial charge >= 0.3 is 0 Å². The van der Waals surface area contributed by atoms with Crippen LogP contribution in [-0.2, 0) is 4.79 Å². The van der Waals surface area contributed by atoms with Gasteiger partial charge < -0.3 is 4.74 Å². The van der Waals surface area contributed by atoms with Crippen molar-refractivity contribution in [2.45, 2.75) is 13.0 Å². The maximum Gasteiger partial charge on any atom is 0.262 e. The van der Waals surface area contributed by atoms with E-state index in [4.69, 9.17) is 16.3 Å². The molecule has 2 aromatic rings. The number of benzene rings is 2. The van der Waals surface area contributed by atoms with Crippen molar-refractivity contribution < 1.29 is 9.53 Å². The van der Waals surface area contributed by atoms with E-state index in [0.717, 1.165) is 11.1 Å². The molecule has 0 spiro atoms. The second-order valence-corrected chi connectivity index (χ2v) is 4.33. The Kier molecular flexibility index (Phi) is 4.00. The van der Waals surface area contributed by atoms with Gasteiger partial charge in [0, 0.05) is 0 Å². The molecule has 0 N–H and O–H groups in total. The summed E-state index contributed by atoms with van der Waals surface area (Å²) in [6, 6.07) is 17.6. The fraction of sp³-hybridized carbons (Fsp3) is 0.133. The number of rotatable bonds is 4. The number of hydrogen-bond donors (Lipinski definition) is 0. The third-order valence-corrected chi connectivity index (χ3v) is 2.90. The summed E-state index contributed by atoms with van der Waals surface area (Å²) in [5.74, 6) is 0.635. The van der Waals surface area contributed by atoms with Crippen LogP contribution < -0.4 is 4.74 Å². The van der Waals surface area contributed by atoms with Gasteiger partial charge in [-0.3, -0.25) is 4.79 Å². The first-order valence-corrected chi connectivity index (χ1v) is 6.06. The molecule has 0 unspecified atom stereocenters. The van der Waals surface area contributed by atoms with Gasteiger partial charge in [-0.25, -0.2) is 0 Å². The van der Waals surface area contributed by atoms with Crippen molar-refractivity contribution in [1.82, 2.24) is 0 Å². The minimum atomic E-state index is -0.630. The first kappa shape index (κ1) is 12.7. The van der Waals surface area contributed by atoms with Crippen LogP contribution in [0, 0.1) is 0 Å². The summed E-state index contributed by atoms with van der Waals surface area (Å²) in [4.78, 5) is 10.9. The van der Waals surface area contributed by atoms with E-state index in [1.165, 1.54) is 0 Å². The molecule has 92 valence electrons. The summed E-state index contributed by atoms with van der Waals surface area (Å²) in [5.41, 5.74) is 2.25. The van der Waals surface area contributed by atoms with Crippen LogP contribution in [0.15, 0.2) is 54.6 Å². The largest absolute Gasteiger partial charge is 0.482 e. The Morgan fingerprint density at radius 3 is 2.11 bits per heavy atom. The predicted octanol–water partition coefficient (Wildman–Crippen LogP) is 3.89. The van der Waals surface area contributed by atoms with Crippen molar-refractivity contribution in [3.05, 3.63) is 54.6 Å². The number of ether oxygens (including phenoxy) is 1. The molecule has 0 aliphatic carbocycles. The summed E-state index contributed by atoms with van der Waals surface area (Å²) >= 11 is 5.34. The van der Waals surface area contributed by atoms with Gasteiger partial charge in [-0.2, -0.15) is 0 Å². The Bertz CT molecular complexity index is 520. The molecule has 3 heteroatoms. The van der Waals surface area contributed by atoms with Crippen LogP contribution in [0.4, 0.5) is 0 Å². The van der Waals surface area contributed by atoms with Crippen molar-refractivity contribution in [2.75, 3.05) is 0 Å². The molecule has 0 radical (unpaired) electrons. The van der Waals surface area contributed by atoms with Gasteiger partial charge in [0.25, 0.3) is 5.24 Å². The van der Waals surface area contributed by atoms with Gasteiger partial charge in [0.2, 0.25) is 0 Å². The smallest absolute Gasteiger partial charge is 0.262 e. The van der Waals surface area contributed by atoms with Crippen LogP contribution in [0.2, 0.25) is 0 Å². The Hall–Kier alpha value is -1.80. The lowest BCUT2D eigenvalue weighted by Crippen LogP contribution is -2.18. The van der Waals surface area contributed by atoms with Crippen LogP contribution in [0.5, 0.6) is 5.75 Å². The second kappa shape index (κ2) is 5.69. The number of carbonyl (C=O) groups is 1. The van der Waals surface area contributed by atoms with Gasteiger partial charge in [0.15, 0.2) is 6.10 Å². The molecule has 0 saturated carbocycles. The van der Waals surface area contributed by atoms with Crippen molar-refractivity contribution in [1.29, 1.82) is 0 Å². The summed E-state index contributed by atoms with van der Waals surface area (Å²) < 4.78 is 5.39. The minimum Gasteiger partial charge on any atom is -0.482 e. The maximum atomic E-state index is 10.9. The SMILES string of the molecule is C[C@@H](Oc1ccc(-c2ccccc2)cc1)C(=O)Cl. The zero-order valence-corrected chi connectivity index (χ0v) is 10.7. The van der Waals surface area contributed by atoms with Crippen LogP contribution >= 0.6 is 11.6 Å². The van der Waals surface area contributed by atoms with Gasteiger partial charge in [-0.1, -0.05) is 42.5 Å². The molecule has 0 aliphatic heterocycles. The molecular weight excluding hydrogens is 248 g/mol. The Morgan fingerprint density at radius 1 is 1.00 bits per heavy atom. The molecule has 0 saturated heterocycles. The van der Waals surface area contributed by atoms with Gasteiger partial charge in [-0.15, -0.1) is 0 Å². The lowest BCUT2D eigenvalue weighted by molar-refractivity contribution is -0.117. The lowest BCUT2D eigenvalue weighted by atomic mass is 10.1. The molecule has 1 atom stereocenters. The molecule has 2 rings (SSSR count). The molecule has 0 aliphatic rings. The van der Waals surface area contributed by atoms with Gasteiger partial charge in [0.05, 0.1) is 0 Å². The van der Waals surface area contributed by atoms with E-state index in [1.807, 2.05) is 54.6 Å². The molecule has 18 heavy (non-hydrogen) atoms. The first-order valence-electron chi connectivity index (χ1n) is 5.68. The fourth-order valence-corrected chi connectivity index (χ4v) is 1.65. The highest BCUT2D eigenvalue weighted by molar-refractivity contribution is 6.64. The maximum absolute atomic E-state index is 10.9. The van der Waals surface area contributed by atoms with E-state index in [2.05, 4.69) is 0 Å². The molecule has 0 aromatic heterocycles. The quantitative estimate of drug-likeness (QED) is 0.780. The molecule has 2 aromatic carbocycles. The molecule has 0 amide bonds. The van der Waals surface area contributed by atoms with E-state index in [-0.39, 0.29) is 0 Å². The standard InChI is InChI=1S/C15H13ClO2/c1-11(15(16)17)18-14-9-7-13(8-10-14)12-5-3-2-4-6-12/h2-11H,1H3/t11-/m1/s1. The average molecular weight is 261 g/mol. The van der Waals surface area contributed by atoms with Crippen molar-refractivity contribution in [3.8, 4) is 16.9 Å². The topological polar surface area (TPSA) is 26.3 Å². The highest BCUT2D eigenvalue weighted by atomic mass is 35.5.